The number of hydrazone groups is 1. The lowest BCUT2D eigenvalue weighted by atomic mass is 10.1. The van der Waals surface area contributed by atoms with E-state index >= 15 is 0 Å². The molecule has 1 atom stereocenters. The third-order valence-electron chi connectivity index (χ3n) is 4.18. The number of methoxy groups -OCH3 is 1. The fourth-order valence-electron chi connectivity index (χ4n) is 2.72. The first-order valence-electron chi connectivity index (χ1n) is 8.53. The summed E-state index contributed by atoms with van der Waals surface area (Å²) in [6.45, 7) is 1.76. The first kappa shape index (κ1) is 18.3. The molecule has 0 aliphatic carbocycles. The lowest BCUT2D eigenvalue weighted by Crippen LogP contribution is -2.34. The lowest BCUT2D eigenvalue weighted by Gasteiger charge is -2.15. The topological polar surface area (TPSA) is 83.0 Å². The Kier molecular flexibility index (Phi) is 5.56. The van der Waals surface area contributed by atoms with E-state index in [-0.39, 0.29) is 11.7 Å². The van der Waals surface area contributed by atoms with Crippen molar-refractivity contribution in [1.82, 2.24) is 5.43 Å². The van der Waals surface area contributed by atoms with Crippen molar-refractivity contribution in [2.75, 3.05) is 12.4 Å². The van der Waals surface area contributed by atoms with Crippen LogP contribution in [-0.2, 0) is 4.79 Å². The van der Waals surface area contributed by atoms with Gasteiger partial charge in [-0.25, -0.2) is 5.43 Å². The molecule has 1 amide bonds. The molecule has 3 N–H and O–H groups in total. The number of phenols is 1. The molecule has 27 heavy (non-hydrogen) atoms. The molecule has 0 aliphatic heterocycles. The van der Waals surface area contributed by atoms with Gasteiger partial charge in [0.1, 0.15) is 6.04 Å². The monoisotopic (exact) mass is 363 g/mol. The van der Waals surface area contributed by atoms with Crippen LogP contribution in [0.15, 0.2) is 65.8 Å². The molecule has 6 heteroatoms. The third-order valence-corrected chi connectivity index (χ3v) is 4.18. The van der Waals surface area contributed by atoms with Crippen molar-refractivity contribution in [3.63, 3.8) is 0 Å². The van der Waals surface area contributed by atoms with E-state index in [9.17, 15) is 9.90 Å². The Morgan fingerprint density at radius 1 is 1.11 bits per heavy atom. The van der Waals surface area contributed by atoms with E-state index < -0.39 is 6.04 Å². The van der Waals surface area contributed by atoms with Gasteiger partial charge >= 0.3 is 0 Å². The van der Waals surface area contributed by atoms with Gasteiger partial charge in [0.15, 0.2) is 11.5 Å². The fraction of sp³-hybridized carbons (Fsp3) is 0.143. The van der Waals surface area contributed by atoms with Crippen LogP contribution in [-0.4, -0.2) is 30.4 Å². The van der Waals surface area contributed by atoms with Crippen LogP contribution < -0.4 is 15.5 Å². The molecular formula is C21H21N3O3. The van der Waals surface area contributed by atoms with E-state index in [0.29, 0.717) is 11.3 Å². The average molecular weight is 363 g/mol. The summed E-state index contributed by atoms with van der Waals surface area (Å²) in [7, 11) is 1.47. The van der Waals surface area contributed by atoms with Crippen LogP contribution in [0.4, 0.5) is 5.69 Å². The third kappa shape index (κ3) is 4.17. The molecule has 0 aromatic heterocycles. The van der Waals surface area contributed by atoms with E-state index in [1.54, 1.807) is 25.1 Å². The summed E-state index contributed by atoms with van der Waals surface area (Å²) in [4.78, 5) is 12.3. The number of benzene rings is 3. The Morgan fingerprint density at radius 3 is 2.67 bits per heavy atom. The van der Waals surface area contributed by atoms with Gasteiger partial charge in [0.25, 0.3) is 5.91 Å². The van der Waals surface area contributed by atoms with E-state index in [4.69, 9.17) is 4.74 Å². The highest BCUT2D eigenvalue weighted by Crippen LogP contribution is 2.28. The summed E-state index contributed by atoms with van der Waals surface area (Å²) < 4.78 is 5.04. The molecule has 138 valence electrons. The number of para-hydroxylation sites is 1. The molecule has 6 nitrogen and oxygen atoms in total. The smallest absolute Gasteiger partial charge is 0.262 e. The molecule has 0 heterocycles. The van der Waals surface area contributed by atoms with Gasteiger partial charge in [-0.15, -0.1) is 0 Å². The summed E-state index contributed by atoms with van der Waals surface area (Å²) >= 11 is 0. The molecule has 0 saturated heterocycles. The second-order valence-corrected chi connectivity index (χ2v) is 6.03. The van der Waals surface area contributed by atoms with Crippen LogP contribution >= 0.6 is 0 Å². The predicted molar refractivity (Wildman–Crippen MR) is 107 cm³/mol. The Balaban J connectivity index is 1.66. The summed E-state index contributed by atoms with van der Waals surface area (Å²) in [5, 5.41) is 19.3. The maximum atomic E-state index is 12.3. The number of amides is 1. The van der Waals surface area contributed by atoms with Gasteiger partial charge < -0.3 is 15.2 Å². The number of nitrogens with one attached hydrogen (secondary N) is 2. The highest BCUT2D eigenvalue weighted by molar-refractivity contribution is 5.96. The molecule has 0 unspecified atom stereocenters. The van der Waals surface area contributed by atoms with E-state index in [1.807, 2.05) is 42.5 Å². The molecule has 0 radical (unpaired) electrons. The minimum Gasteiger partial charge on any atom is -0.504 e. The molecule has 3 aromatic carbocycles. The summed E-state index contributed by atoms with van der Waals surface area (Å²) in [6, 6.07) is 18.4. The Morgan fingerprint density at radius 2 is 1.85 bits per heavy atom. The van der Waals surface area contributed by atoms with Crippen molar-refractivity contribution in [3.8, 4) is 11.5 Å². The van der Waals surface area contributed by atoms with Crippen LogP contribution in [0.1, 0.15) is 12.5 Å². The molecule has 0 saturated carbocycles. The largest absolute Gasteiger partial charge is 0.504 e. The summed E-state index contributed by atoms with van der Waals surface area (Å²) in [6.07, 6.45) is 1.38. The van der Waals surface area contributed by atoms with Gasteiger partial charge in [0.2, 0.25) is 0 Å². The SMILES string of the molecule is COc1cccc(/C=N\NC(=O)[C@@H](C)Nc2cccc3ccccc23)c1O. The molecule has 0 spiro atoms. The van der Waals surface area contributed by atoms with Crippen molar-refractivity contribution in [3.05, 3.63) is 66.2 Å². The first-order valence-corrected chi connectivity index (χ1v) is 8.53. The lowest BCUT2D eigenvalue weighted by molar-refractivity contribution is -0.121. The standard InChI is InChI=1S/C21H21N3O3/c1-14(23-18-11-5-8-15-7-3-4-10-17(15)18)21(26)24-22-13-16-9-6-12-19(27-2)20(16)25/h3-14,23,25H,1-2H3,(H,24,26)/b22-13-/t14-/m1/s1. The zero-order chi connectivity index (χ0) is 19.2. The zero-order valence-electron chi connectivity index (χ0n) is 15.1. The number of hydrogen-bond donors (Lipinski definition) is 3. The van der Waals surface area contributed by atoms with Crippen LogP contribution in [0.2, 0.25) is 0 Å². The molecule has 0 bridgehead atoms. The van der Waals surface area contributed by atoms with Crippen molar-refractivity contribution in [2.24, 2.45) is 5.10 Å². The summed E-state index contributed by atoms with van der Waals surface area (Å²) in [5.41, 5.74) is 3.81. The number of ether oxygens (including phenoxy) is 1. The van der Waals surface area contributed by atoms with Gasteiger partial charge in [0.05, 0.1) is 13.3 Å². The van der Waals surface area contributed by atoms with Crippen molar-refractivity contribution >= 4 is 28.6 Å². The van der Waals surface area contributed by atoms with Gasteiger partial charge in [-0.1, -0.05) is 42.5 Å². The Bertz CT molecular complexity index is 980. The number of phenolic OH excluding ortho intramolecular Hbond substituents is 1. The number of fused-ring (bicyclic) bond motifs is 1. The summed E-state index contributed by atoms with van der Waals surface area (Å²) in [5.74, 6) is 0.0257. The predicted octanol–water partition coefficient (Wildman–Crippen LogP) is 3.50. The Hall–Kier alpha value is -3.54. The molecular weight excluding hydrogens is 342 g/mol. The number of rotatable bonds is 6. The zero-order valence-corrected chi connectivity index (χ0v) is 15.1. The molecule has 3 rings (SSSR count). The van der Waals surface area contributed by atoms with E-state index in [1.165, 1.54) is 13.3 Å². The molecule has 0 fully saturated rings. The highest BCUT2D eigenvalue weighted by Gasteiger charge is 2.13. The van der Waals surface area contributed by atoms with E-state index in [0.717, 1.165) is 16.5 Å². The average Bonchev–Trinajstić information content (AvgIpc) is 2.69. The number of aromatic hydroxyl groups is 1. The number of carbonyl (C=O) groups excluding carboxylic acids is 1. The van der Waals surface area contributed by atoms with Gasteiger partial charge in [-0.3, -0.25) is 4.79 Å². The van der Waals surface area contributed by atoms with Gasteiger partial charge in [-0.2, -0.15) is 5.10 Å². The number of carbonyl (C=O) groups is 1. The van der Waals surface area contributed by atoms with Crippen molar-refractivity contribution in [2.45, 2.75) is 13.0 Å². The van der Waals surface area contributed by atoms with Crippen molar-refractivity contribution < 1.29 is 14.6 Å². The Labute approximate surface area is 157 Å². The second-order valence-electron chi connectivity index (χ2n) is 6.03. The van der Waals surface area contributed by atoms with Crippen LogP contribution in [0, 0.1) is 0 Å². The quantitative estimate of drug-likeness (QED) is 0.462. The maximum Gasteiger partial charge on any atom is 0.262 e. The van der Waals surface area contributed by atoms with Gasteiger partial charge in [-0.05, 0) is 30.5 Å². The number of hydrogen-bond acceptors (Lipinski definition) is 5. The second kappa shape index (κ2) is 8.23. The van der Waals surface area contributed by atoms with Gasteiger partial charge in [0, 0.05) is 16.6 Å². The molecule has 3 aromatic rings. The minimum absolute atomic E-state index is 0.0278. The number of anilines is 1. The van der Waals surface area contributed by atoms with Crippen molar-refractivity contribution in [1.29, 1.82) is 0 Å². The van der Waals surface area contributed by atoms with Crippen LogP contribution in [0.5, 0.6) is 11.5 Å². The minimum atomic E-state index is -0.494. The molecule has 0 aliphatic rings. The normalized spacial score (nSPS) is 12.1. The fourth-order valence-corrected chi connectivity index (χ4v) is 2.72. The van der Waals surface area contributed by atoms with E-state index in [2.05, 4.69) is 15.8 Å². The maximum absolute atomic E-state index is 12.3. The van der Waals surface area contributed by atoms with Crippen LogP contribution in [0.25, 0.3) is 10.8 Å². The number of nitrogens with zero attached hydrogens (tertiary/aromatic N) is 1. The highest BCUT2D eigenvalue weighted by atomic mass is 16.5. The van der Waals surface area contributed by atoms with Crippen LogP contribution in [0.3, 0.4) is 0 Å². The first-order chi connectivity index (χ1) is 13.1.